The fourth-order valence-electron chi connectivity index (χ4n) is 2.03. The van der Waals surface area contributed by atoms with Crippen molar-refractivity contribution in [2.45, 2.75) is 0 Å². The van der Waals surface area contributed by atoms with Gasteiger partial charge in [0.15, 0.2) is 5.69 Å². The number of halogens is 1. The van der Waals surface area contributed by atoms with Gasteiger partial charge >= 0.3 is 5.97 Å². The second kappa shape index (κ2) is 5.06. The molecule has 6 nitrogen and oxygen atoms in total. The zero-order valence-electron chi connectivity index (χ0n) is 11.1. The SMILES string of the molecule is COC(=O)c1nc(-c2ccc3cn[nH]c3c2)cc(N)c1Cl. The Hall–Kier alpha value is -2.60. The Labute approximate surface area is 124 Å². The van der Waals surface area contributed by atoms with Crippen molar-refractivity contribution >= 4 is 34.2 Å². The summed E-state index contributed by atoms with van der Waals surface area (Å²) >= 11 is 6.00. The largest absolute Gasteiger partial charge is 0.464 e. The molecule has 0 aliphatic rings. The van der Waals surface area contributed by atoms with E-state index in [-0.39, 0.29) is 16.4 Å². The van der Waals surface area contributed by atoms with E-state index >= 15 is 0 Å². The molecule has 0 aliphatic carbocycles. The summed E-state index contributed by atoms with van der Waals surface area (Å²) in [5.41, 5.74) is 8.30. The highest BCUT2D eigenvalue weighted by Crippen LogP contribution is 2.29. The molecule has 2 aromatic heterocycles. The smallest absolute Gasteiger partial charge is 0.358 e. The predicted octanol–water partition coefficient (Wildman–Crippen LogP) is 2.65. The molecule has 3 N–H and O–H groups in total. The van der Waals surface area contributed by atoms with Crippen molar-refractivity contribution in [2.75, 3.05) is 12.8 Å². The van der Waals surface area contributed by atoms with E-state index in [1.807, 2.05) is 18.2 Å². The molecule has 0 saturated heterocycles. The quantitative estimate of drug-likeness (QED) is 0.710. The lowest BCUT2D eigenvalue weighted by molar-refractivity contribution is 0.0594. The van der Waals surface area contributed by atoms with Gasteiger partial charge in [0.05, 0.1) is 35.2 Å². The third-order valence-corrected chi connectivity index (χ3v) is 3.50. The number of pyridine rings is 1. The zero-order chi connectivity index (χ0) is 15.0. The Morgan fingerprint density at radius 2 is 2.19 bits per heavy atom. The number of nitrogen functional groups attached to an aromatic ring is 1. The van der Waals surface area contributed by atoms with Gasteiger partial charge in [-0.05, 0) is 12.1 Å². The van der Waals surface area contributed by atoms with Crippen LogP contribution in [0.5, 0.6) is 0 Å². The average Bonchev–Trinajstić information content (AvgIpc) is 2.96. The van der Waals surface area contributed by atoms with E-state index in [0.29, 0.717) is 5.69 Å². The Morgan fingerprint density at radius 1 is 1.38 bits per heavy atom. The summed E-state index contributed by atoms with van der Waals surface area (Å²) in [6, 6.07) is 7.26. The Bertz CT molecular complexity index is 844. The average molecular weight is 303 g/mol. The number of aromatic amines is 1. The summed E-state index contributed by atoms with van der Waals surface area (Å²) in [7, 11) is 1.26. The number of aromatic nitrogens is 3. The molecule has 3 rings (SSSR count). The Kier molecular flexibility index (Phi) is 3.23. The van der Waals surface area contributed by atoms with E-state index < -0.39 is 5.97 Å². The van der Waals surface area contributed by atoms with Crippen molar-refractivity contribution in [3.63, 3.8) is 0 Å². The molecule has 0 spiro atoms. The fraction of sp³-hybridized carbons (Fsp3) is 0.0714. The predicted molar refractivity (Wildman–Crippen MR) is 80.1 cm³/mol. The molecule has 0 saturated carbocycles. The third kappa shape index (κ3) is 2.30. The zero-order valence-corrected chi connectivity index (χ0v) is 11.8. The molecule has 0 amide bonds. The Balaban J connectivity index is 2.17. The molecular weight excluding hydrogens is 292 g/mol. The fourth-order valence-corrected chi connectivity index (χ4v) is 2.20. The highest BCUT2D eigenvalue weighted by molar-refractivity contribution is 6.35. The lowest BCUT2D eigenvalue weighted by Crippen LogP contribution is -2.08. The summed E-state index contributed by atoms with van der Waals surface area (Å²) in [4.78, 5) is 15.9. The van der Waals surface area contributed by atoms with Gasteiger partial charge in [0.2, 0.25) is 0 Å². The van der Waals surface area contributed by atoms with Gasteiger partial charge in [0, 0.05) is 10.9 Å². The van der Waals surface area contributed by atoms with Gasteiger partial charge in [0.1, 0.15) is 0 Å². The van der Waals surface area contributed by atoms with Crippen LogP contribution in [0.3, 0.4) is 0 Å². The molecule has 0 radical (unpaired) electrons. The molecule has 7 heteroatoms. The van der Waals surface area contributed by atoms with Crippen LogP contribution < -0.4 is 5.73 Å². The molecule has 0 atom stereocenters. The van der Waals surface area contributed by atoms with Crippen LogP contribution in [0, 0.1) is 0 Å². The summed E-state index contributed by atoms with van der Waals surface area (Å²) < 4.78 is 4.66. The number of ether oxygens (including phenoxy) is 1. The number of esters is 1. The summed E-state index contributed by atoms with van der Waals surface area (Å²) in [5.74, 6) is -0.629. The minimum absolute atomic E-state index is 0.00104. The van der Waals surface area contributed by atoms with Crippen LogP contribution in [0.2, 0.25) is 5.02 Å². The topological polar surface area (TPSA) is 93.9 Å². The second-order valence-corrected chi connectivity index (χ2v) is 4.80. The summed E-state index contributed by atoms with van der Waals surface area (Å²) in [6.45, 7) is 0. The number of nitrogens with zero attached hydrogens (tertiary/aromatic N) is 2. The van der Waals surface area contributed by atoms with Gasteiger partial charge in [-0.2, -0.15) is 5.10 Å². The van der Waals surface area contributed by atoms with Crippen molar-refractivity contribution in [3.05, 3.63) is 41.2 Å². The standard InChI is InChI=1S/C14H11ClN4O2/c1-21-14(20)13-12(15)9(16)5-10(18-13)7-2-3-8-6-17-19-11(8)4-7/h2-6H,1H3,(H2,16,18)(H,17,19). The summed E-state index contributed by atoms with van der Waals surface area (Å²) in [6.07, 6.45) is 1.72. The lowest BCUT2D eigenvalue weighted by Gasteiger charge is -2.08. The molecule has 0 unspecified atom stereocenters. The van der Waals surface area contributed by atoms with E-state index in [9.17, 15) is 4.79 Å². The monoisotopic (exact) mass is 302 g/mol. The van der Waals surface area contributed by atoms with Crippen LogP contribution in [-0.4, -0.2) is 28.3 Å². The minimum atomic E-state index is -0.629. The highest BCUT2D eigenvalue weighted by atomic mass is 35.5. The van der Waals surface area contributed by atoms with Crippen LogP contribution in [0.25, 0.3) is 22.2 Å². The van der Waals surface area contributed by atoms with Gasteiger partial charge in [-0.1, -0.05) is 23.7 Å². The summed E-state index contributed by atoms with van der Waals surface area (Å²) in [5, 5.41) is 7.91. The lowest BCUT2D eigenvalue weighted by atomic mass is 10.1. The molecule has 0 fully saturated rings. The van der Waals surface area contributed by atoms with E-state index in [0.717, 1.165) is 16.5 Å². The first-order valence-corrected chi connectivity index (χ1v) is 6.46. The van der Waals surface area contributed by atoms with Crippen molar-refractivity contribution in [2.24, 2.45) is 0 Å². The van der Waals surface area contributed by atoms with Gasteiger partial charge in [-0.3, -0.25) is 5.10 Å². The number of nitrogens with two attached hydrogens (primary N) is 1. The molecule has 106 valence electrons. The van der Waals surface area contributed by atoms with Crippen LogP contribution in [0.15, 0.2) is 30.5 Å². The maximum absolute atomic E-state index is 11.7. The normalized spacial score (nSPS) is 10.8. The van der Waals surface area contributed by atoms with Crippen molar-refractivity contribution in [1.82, 2.24) is 15.2 Å². The number of carbonyl (C=O) groups is 1. The molecular formula is C14H11ClN4O2. The number of methoxy groups -OCH3 is 1. The number of H-pyrrole nitrogens is 1. The first-order chi connectivity index (χ1) is 10.1. The van der Waals surface area contributed by atoms with Crippen LogP contribution in [0.4, 0.5) is 5.69 Å². The molecule has 3 aromatic rings. The highest BCUT2D eigenvalue weighted by Gasteiger charge is 2.17. The van der Waals surface area contributed by atoms with Crippen LogP contribution in [-0.2, 0) is 4.74 Å². The van der Waals surface area contributed by atoms with Gasteiger partial charge in [-0.25, -0.2) is 9.78 Å². The van der Waals surface area contributed by atoms with E-state index in [1.54, 1.807) is 12.3 Å². The molecule has 0 aliphatic heterocycles. The van der Waals surface area contributed by atoms with Crippen molar-refractivity contribution < 1.29 is 9.53 Å². The van der Waals surface area contributed by atoms with Gasteiger partial charge in [-0.15, -0.1) is 0 Å². The molecule has 1 aromatic carbocycles. The first kappa shape index (κ1) is 13.4. The number of benzene rings is 1. The van der Waals surface area contributed by atoms with Crippen LogP contribution in [0.1, 0.15) is 10.5 Å². The van der Waals surface area contributed by atoms with Crippen LogP contribution >= 0.6 is 11.6 Å². The maximum atomic E-state index is 11.7. The number of nitrogens with one attached hydrogen (secondary N) is 1. The van der Waals surface area contributed by atoms with Gasteiger partial charge in [0.25, 0.3) is 0 Å². The van der Waals surface area contributed by atoms with E-state index in [1.165, 1.54) is 7.11 Å². The number of rotatable bonds is 2. The van der Waals surface area contributed by atoms with Gasteiger partial charge < -0.3 is 10.5 Å². The first-order valence-electron chi connectivity index (χ1n) is 6.08. The number of fused-ring (bicyclic) bond motifs is 1. The molecule has 2 heterocycles. The Morgan fingerprint density at radius 3 is 2.95 bits per heavy atom. The second-order valence-electron chi connectivity index (χ2n) is 4.42. The maximum Gasteiger partial charge on any atom is 0.358 e. The minimum Gasteiger partial charge on any atom is -0.464 e. The van der Waals surface area contributed by atoms with Crippen molar-refractivity contribution in [1.29, 1.82) is 0 Å². The molecule has 21 heavy (non-hydrogen) atoms. The molecule has 0 bridgehead atoms. The number of carbonyl (C=O) groups excluding carboxylic acids is 1. The van der Waals surface area contributed by atoms with E-state index in [4.69, 9.17) is 17.3 Å². The number of anilines is 1. The number of hydrogen-bond acceptors (Lipinski definition) is 5. The number of hydrogen-bond donors (Lipinski definition) is 2. The van der Waals surface area contributed by atoms with Crippen molar-refractivity contribution in [3.8, 4) is 11.3 Å². The third-order valence-electron chi connectivity index (χ3n) is 3.10. The van der Waals surface area contributed by atoms with E-state index in [2.05, 4.69) is 19.9 Å².